The van der Waals surface area contributed by atoms with Gasteiger partial charge in [-0.3, -0.25) is 4.79 Å². The molecular weight excluding hydrogens is 430 g/mol. The highest BCUT2D eigenvalue weighted by molar-refractivity contribution is 7.99. The SMILES string of the molecule is CCc1cccc(C)c1NC(=O)CCSc1nc(N)c(C#N)c(-c2ccc(C)cc2)c1C#N. The smallest absolute Gasteiger partial charge is 0.225 e. The Morgan fingerprint density at radius 3 is 2.42 bits per heavy atom. The summed E-state index contributed by atoms with van der Waals surface area (Å²) >= 11 is 1.29. The zero-order valence-electron chi connectivity index (χ0n) is 18.9. The summed E-state index contributed by atoms with van der Waals surface area (Å²) in [6.07, 6.45) is 1.07. The average molecular weight is 456 g/mol. The maximum absolute atomic E-state index is 12.6. The molecule has 0 radical (unpaired) electrons. The average Bonchev–Trinajstić information content (AvgIpc) is 2.80. The molecule has 3 aromatic rings. The highest BCUT2D eigenvalue weighted by Crippen LogP contribution is 2.36. The number of nitrogens with one attached hydrogen (secondary N) is 1. The van der Waals surface area contributed by atoms with E-state index in [1.54, 1.807) is 0 Å². The van der Waals surface area contributed by atoms with Crippen LogP contribution >= 0.6 is 11.8 Å². The summed E-state index contributed by atoms with van der Waals surface area (Å²) in [5.41, 5.74) is 11.8. The second kappa shape index (κ2) is 10.7. The number of nitrogen functional groups attached to an aromatic ring is 1. The number of amides is 1. The minimum Gasteiger partial charge on any atom is -0.383 e. The number of hydrogen-bond acceptors (Lipinski definition) is 6. The van der Waals surface area contributed by atoms with Crippen molar-refractivity contribution in [2.75, 3.05) is 16.8 Å². The number of nitrogens with two attached hydrogens (primary N) is 1. The van der Waals surface area contributed by atoms with Gasteiger partial charge in [0, 0.05) is 23.4 Å². The van der Waals surface area contributed by atoms with E-state index in [1.165, 1.54) is 11.8 Å². The monoisotopic (exact) mass is 455 g/mol. The zero-order valence-corrected chi connectivity index (χ0v) is 19.7. The second-order valence-electron chi connectivity index (χ2n) is 7.63. The van der Waals surface area contributed by atoms with E-state index >= 15 is 0 Å². The minimum atomic E-state index is -0.106. The first-order valence-electron chi connectivity index (χ1n) is 10.6. The molecule has 0 aliphatic rings. The molecule has 0 aliphatic heterocycles. The number of rotatable bonds is 7. The Morgan fingerprint density at radius 1 is 1.09 bits per heavy atom. The van der Waals surface area contributed by atoms with Crippen molar-refractivity contribution in [2.24, 2.45) is 0 Å². The fourth-order valence-corrected chi connectivity index (χ4v) is 4.49. The van der Waals surface area contributed by atoms with Crippen LogP contribution in [0.4, 0.5) is 11.5 Å². The Labute approximate surface area is 198 Å². The van der Waals surface area contributed by atoms with Gasteiger partial charge in [-0.05, 0) is 37.0 Å². The topological polar surface area (TPSA) is 116 Å². The number of thioether (sulfide) groups is 1. The van der Waals surface area contributed by atoms with Gasteiger partial charge in [0.05, 0.1) is 5.56 Å². The van der Waals surface area contributed by atoms with Crippen LogP contribution in [0.2, 0.25) is 0 Å². The molecule has 0 spiro atoms. The van der Waals surface area contributed by atoms with Crippen LogP contribution in [-0.4, -0.2) is 16.6 Å². The summed E-state index contributed by atoms with van der Waals surface area (Å²) in [7, 11) is 0. The van der Waals surface area contributed by atoms with Crippen LogP contribution in [-0.2, 0) is 11.2 Å². The predicted octanol–water partition coefficient (Wildman–Crippen LogP) is 5.37. The molecule has 0 atom stereocenters. The Kier molecular flexibility index (Phi) is 7.71. The van der Waals surface area contributed by atoms with E-state index in [9.17, 15) is 15.3 Å². The van der Waals surface area contributed by atoms with Crippen LogP contribution in [0.15, 0.2) is 47.5 Å². The lowest BCUT2D eigenvalue weighted by Crippen LogP contribution is -2.14. The number of carbonyl (C=O) groups is 1. The summed E-state index contributed by atoms with van der Waals surface area (Å²) in [4.78, 5) is 16.9. The Morgan fingerprint density at radius 2 is 1.79 bits per heavy atom. The van der Waals surface area contributed by atoms with E-state index in [0.29, 0.717) is 21.9 Å². The first-order valence-corrected chi connectivity index (χ1v) is 11.6. The fourth-order valence-electron chi connectivity index (χ4n) is 3.56. The van der Waals surface area contributed by atoms with Gasteiger partial charge in [0.25, 0.3) is 0 Å². The van der Waals surface area contributed by atoms with Crippen LogP contribution in [0.3, 0.4) is 0 Å². The molecule has 6 nitrogen and oxygen atoms in total. The van der Waals surface area contributed by atoms with Gasteiger partial charge in [0.15, 0.2) is 0 Å². The van der Waals surface area contributed by atoms with Gasteiger partial charge in [-0.15, -0.1) is 11.8 Å². The van der Waals surface area contributed by atoms with Crippen molar-refractivity contribution in [3.05, 3.63) is 70.3 Å². The molecule has 0 saturated carbocycles. The highest BCUT2D eigenvalue weighted by atomic mass is 32.2. The summed E-state index contributed by atoms with van der Waals surface area (Å²) in [6, 6.07) is 17.8. The van der Waals surface area contributed by atoms with Crippen LogP contribution in [0, 0.1) is 36.5 Å². The van der Waals surface area contributed by atoms with Gasteiger partial charge in [-0.25, -0.2) is 4.98 Å². The summed E-state index contributed by atoms with van der Waals surface area (Å²) in [5.74, 6) is 0.386. The molecule has 0 unspecified atom stereocenters. The van der Waals surface area contributed by atoms with E-state index in [-0.39, 0.29) is 23.7 Å². The number of nitriles is 2. The number of nitrogens with zero attached hydrogens (tertiary/aromatic N) is 3. The minimum absolute atomic E-state index is 0.0755. The number of pyridine rings is 1. The van der Waals surface area contributed by atoms with Gasteiger partial charge >= 0.3 is 0 Å². The Hall–Kier alpha value is -3.81. The lowest BCUT2D eigenvalue weighted by atomic mass is 9.96. The van der Waals surface area contributed by atoms with Crippen LogP contribution < -0.4 is 11.1 Å². The molecule has 1 aromatic heterocycles. The predicted molar refractivity (Wildman–Crippen MR) is 133 cm³/mol. The van der Waals surface area contributed by atoms with Crippen molar-refractivity contribution in [1.82, 2.24) is 4.98 Å². The molecule has 166 valence electrons. The molecular formula is C26H25N5OS. The third kappa shape index (κ3) is 5.34. The number of carbonyl (C=O) groups excluding carboxylic acids is 1. The van der Waals surface area contributed by atoms with Gasteiger partial charge in [0.2, 0.25) is 5.91 Å². The number of benzene rings is 2. The van der Waals surface area contributed by atoms with E-state index in [1.807, 2.05) is 56.3 Å². The van der Waals surface area contributed by atoms with Crippen molar-refractivity contribution in [2.45, 2.75) is 38.6 Å². The van der Waals surface area contributed by atoms with Crippen molar-refractivity contribution in [3.63, 3.8) is 0 Å². The molecule has 3 rings (SSSR count). The van der Waals surface area contributed by atoms with E-state index in [4.69, 9.17) is 5.73 Å². The van der Waals surface area contributed by atoms with Crippen molar-refractivity contribution < 1.29 is 4.79 Å². The normalized spacial score (nSPS) is 10.3. The van der Waals surface area contributed by atoms with E-state index in [2.05, 4.69) is 29.4 Å². The fraction of sp³-hybridized carbons (Fsp3) is 0.231. The first-order chi connectivity index (χ1) is 15.9. The quantitative estimate of drug-likeness (QED) is 0.463. The Bertz CT molecular complexity index is 1270. The molecule has 2 aromatic carbocycles. The molecule has 3 N–H and O–H groups in total. The van der Waals surface area contributed by atoms with Gasteiger partial charge in [-0.2, -0.15) is 10.5 Å². The van der Waals surface area contributed by atoms with Crippen molar-refractivity contribution in [1.29, 1.82) is 10.5 Å². The molecule has 1 heterocycles. The van der Waals surface area contributed by atoms with Crippen molar-refractivity contribution in [3.8, 4) is 23.3 Å². The molecule has 7 heteroatoms. The van der Waals surface area contributed by atoms with Gasteiger partial charge in [0.1, 0.15) is 28.5 Å². The van der Waals surface area contributed by atoms with Crippen LogP contribution in [0.5, 0.6) is 0 Å². The Balaban J connectivity index is 1.82. The standard InChI is InChI=1S/C26H25N5OS/c1-4-18-7-5-6-17(3)24(18)30-22(32)12-13-33-26-21(15-28)23(20(14-27)25(29)31-26)19-10-8-16(2)9-11-19/h5-11H,4,12-13H2,1-3H3,(H2,29,31)(H,30,32). The molecule has 0 bridgehead atoms. The molecule has 0 saturated heterocycles. The van der Waals surface area contributed by atoms with E-state index in [0.717, 1.165) is 34.4 Å². The molecule has 1 amide bonds. The van der Waals surface area contributed by atoms with Crippen LogP contribution in [0.25, 0.3) is 11.1 Å². The van der Waals surface area contributed by atoms with Crippen molar-refractivity contribution >= 4 is 29.2 Å². The molecule has 0 fully saturated rings. The number of hydrogen-bond donors (Lipinski definition) is 2. The highest BCUT2D eigenvalue weighted by Gasteiger charge is 2.20. The number of para-hydroxylation sites is 1. The number of aryl methyl sites for hydroxylation is 3. The molecule has 33 heavy (non-hydrogen) atoms. The third-order valence-electron chi connectivity index (χ3n) is 5.33. The first kappa shape index (κ1) is 23.8. The lowest BCUT2D eigenvalue weighted by Gasteiger charge is -2.14. The summed E-state index contributed by atoms with van der Waals surface area (Å²) in [5, 5.41) is 23.0. The third-order valence-corrected chi connectivity index (χ3v) is 6.31. The van der Waals surface area contributed by atoms with E-state index < -0.39 is 0 Å². The lowest BCUT2D eigenvalue weighted by molar-refractivity contribution is -0.115. The zero-order chi connectivity index (χ0) is 24.0. The summed E-state index contributed by atoms with van der Waals surface area (Å²) < 4.78 is 0. The second-order valence-corrected chi connectivity index (χ2v) is 8.71. The maximum atomic E-state index is 12.6. The summed E-state index contributed by atoms with van der Waals surface area (Å²) in [6.45, 7) is 5.99. The number of anilines is 2. The van der Waals surface area contributed by atoms with Gasteiger partial charge < -0.3 is 11.1 Å². The van der Waals surface area contributed by atoms with Gasteiger partial charge in [-0.1, -0.05) is 55.0 Å². The maximum Gasteiger partial charge on any atom is 0.225 e. The molecule has 0 aliphatic carbocycles. The largest absolute Gasteiger partial charge is 0.383 e. The van der Waals surface area contributed by atoms with Crippen LogP contribution in [0.1, 0.15) is 41.2 Å². The number of aromatic nitrogens is 1.